The molecule has 0 radical (unpaired) electrons. The van der Waals surface area contributed by atoms with E-state index in [1.807, 2.05) is 0 Å². The second-order valence-electron chi connectivity index (χ2n) is 3.97. The van der Waals surface area contributed by atoms with Crippen LogP contribution in [0.4, 0.5) is 8.78 Å². The van der Waals surface area contributed by atoms with Gasteiger partial charge in [-0.1, -0.05) is 0 Å². The molecule has 5 heteroatoms. The van der Waals surface area contributed by atoms with E-state index < -0.39 is 23.7 Å². The standard InChI is InChI=1S/C9H15F2NO2/c1-9(10,11)4-6-5-12-3-2-7(6)8(13)14/h6-7,12H,2-5H2,1H3,(H,13,14). The van der Waals surface area contributed by atoms with E-state index in [4.69, 9.17) is 5.11 Å². The molecule has 0 aromatic carbocycles. The number of carboxylic acids is 1. The average Bonchev–Trinajstić information content (AvgIpc) is 2.01. The van der Waals surface area contributed by atoms with Crippen LogP contribution in [0.15, 0.2) is 0 Å². The minimum Gasteiger partial charge on any atom is -0.481 e. The SMILES string of the molecule is CC(F)(F)CC1CNCCC1C(=O)O. The molecule has 1 saturated heterocycles. The van der Waals surface area contributed by atoms with Gasteiger partial charge in [-0.2, -0.15) is 0 Å². The van der Waals surface area contributed by atoms with Crippen molar-refractivity contribution in [3.05, 3.63) is 0 Å². The van der Waals surface area contributed by atoms with Crippen LogP contribution in [0.5, 0.6) is 0 Å². The molecule has 1 fully saturated rings. The monoisotopic (exact) mass is 207 g/mol. The lowest BCUT2D eigenvalue weighted by Crippen LogP contribution is -2.42. The van der Waals surface area contributed by atoms with Crippen molar-refractivity contribution >= 4 is 5.97 Å². The number of alkyl halides is 2. The van der Waals surface area contributed by atoms with E-state index in [1.165, 1.54) is 0 Å². The third-order valence-electron chi connectivity index (χ3n) is 2.55. The Morgan fingerprint density at radius 1 is 1.64 bits per heavy atom. The highest BCUT2D eigenvalue weighted by Gasteiger charge is 2.36. The Balaban J connectivity index is 2.59. The lowest BCUT2D eigenvalue weighted by Gasteiger charge is -2.30. The van der Waals surface area contributed by atoms with Gasteiger partial charge in [0.2, 0.25) is 5.92 Å². The number of rotatable bonds is 3. The molecule has 2 atom stereocenters. The Bertz CT molecular complexity index is 215. The largest absolute Gasteiger partial charge is 0.481 e. The average molecular weight is 207 g/mol. The minimum absolute atomic E-state index is 0.350. The van der Waals surface area contributed by atoms with Crippen molar-refractivity contribution in [3.63, 3.8) is 0 Å². The van der Waals surface area contributed by atoms with Gasteiger partial charge >= 0.3 is 5.97 Å². The molecule has 0 spiro atoms. The van der Waals surface area contributed by atoms with Crippen molar-refractivity contribution in [1.29, 1.82) is 0 Å². The molecule has 3 nitrogen and oxygen atoms in total. The maximum Gasteiger partial charge on any atom is 0.306 e. The fourth-order valence-electron chi connectivity index (χ4n) is 1.92. The highest BCUT2D eigenvalue weighted by molar-refractivity contribution is 5.70. The zero-order valence-corrected chi connectivity index (χ0v) is 8.09. The van der Waals surface area contributed by atoms with Gasteiger partial charge in [-0.25, -0.2) is 8.78 Å². The topological polar surface area (TPSA) is 49.3 Å². The predicted molar refractivity (Wildman–Crippen MR) is 47.3 cm³/mol. The molecule has 1 rings (SSSR count). The zero-order chi connectivity index (χ0) is 10.8. The summed E-state index contributed by atoms with van der Waals surface area (Å²) in [6.07, 6.45) is 0.0903. The molecule has 82 valence electrons. The van der Waals surface area contributed by atoms with Gasteiger partial charge in [0.1, 0.15) is 0 Å². The normalized spacial score (nSPS) is 28.8. The molecular formula is C9H15F2NO2. The Morgan fingerprint density at radius 2 is 2.29 bits per heavy atom. The number of hydrogen-bond donors (Lipinski definition) is 2. The van der Waals surface area contributed by atoms with E-state index in [0.717, 1.165) is 6.92 Å². The lowest BCUT2D eigenvalue weighted by atomic mass is 9.83. The van der Waals surface area contributed by atoms with Gasteiger partial charge in [0.25, 0.3) is 0 Å². The van der Waals surface area contributed by atoms with Gasteiger partial charge in [0.15, 0.2) is 0 Å². The lowest BCUT2D eigenvalue weighted by molar-refractivity contribution is -0.145. The molecule has 0 saturated carbocycles. The van der Waals surface area contributed by atoms with Crippen LogP contribution in [0.25, 0.3) is 0 Å². The molecule has 0 bridgehead atoms. The summed E-state index contributed by atoms with van der Waals surface area (Å²) >= 11 is 0. The van der Waals surface area contributed by atoms with E-state index in [9.17, 15) is 13.6 Å². The van der Waals surface area contributed by atoms with E-state index >= 15 is 0 Å². The van der Waals surface area contributed by atoms with Crippen LogP contribution >= 0.6 is 0 Å². The van der Waals surface area contributed by atoms with Crippen molar-refractivity contribution in [1.82, 2.24) is 5.32 Å². The van der Waals surface area contributed by atoms with Gasteiger partial charge in [-0.3, -0.25) is 4.79 Å². The van der Waals surface area contributed by atoms with E-state index in [2.05, 4.69) is 5.32 Å². The summed E-state index contributed by atoms with van der Waals surface area (Å²) in [5.74, 6) is -4.82. The Labute approximate surface area is 81.5 Å². The van der Waals surface area contributed by atoms with E-state index in [0.29, 0.717) is 19.5 Å². The molecular weight excluding hydrogens is 192 g/mol. The zero-order valence-electron chi connectivity index (χ0n) is 8.09. The Morgan fingerprint density at radius 3 is 2.79 bits per heavy atom. The van der Waals surface area contributed by atoms with Crippen molar-refractivity contribution < 1.29 is 18.7 Å². The summed E-state index contributed by atoms with van der Waals surface area (Å²) in [7, 11) is 0. The quantitative estimate of drug-likeness (QED) is 0.734. The first-order valence-corrected chi connectivity index (χ1v) is 4.71. The van der Waals surface area contributed by atoms with Crippen LogP contribution in [0.3, 0.4) is 0 Å². The number of piperidine rings is 1. The number of carbonyl (C=O) groups is 1. The van der Waals surface area contributed by atoms with Crippen LogP contribution in [-0.4, -0.2) is 30.1 Å². The Kier molecular flexibility index (Phi) is 3.42. The third-order valence-corrected chi connectivity index (χ3v) is 2.55. The molecule has 0 aliphatic carbocycles. The summed E-state index contributed by atoms with van der Waals surface area (Å²) in [5, 5.41) is 11.8. The fraction of sp³-hybridized carbons (Fsp3) is 0.889. The number of nitrogens with one attached hydrogen (secondary N) is 1. The summed E-state index contributed by atoms with van der Waals surface area (Å²) in [6.45, 7) is 1.81. The summed E-state index contributed by atoms with van der Waals surface area (Å²) in [4.78, 5) is 10.8. The second kappa shape index (κ2) is 4.21. The van der Waals surface area contributed by atoms with Crippen LogP contribution < -0.4 is 5.32 Å². The molecule has 0 amide bonds. The molecule has 2 N–H and O–H groups in total. The molecule has 14 heavy (non-hydrogen) atoms. The van der Waals surface area contributed by atoms with Crippen LogP contribution in [0.2, 0.25) is 0 Å². The maximum absolute atomic E-state index is 12.7. The second-order valence-corrected chi connectivity index (χ2v) is 3.97. The van der Waals surface area contributed by atoms with E-state index in [-0.39, 0.29) is 6.42 Å². The van der Waals surface area contributed by atoms with Gasteiger partial charge < -0.3 is 10.4 Å². The van der Waals surface area contributed by atoms with Gasteiger partial charge in [-0.15, -0.1) is 0 Å². The summed E-state index contributed by atoms with van der Waals surface area (Å²) in [6, 6.07) is 0. The maximum atomic E-state index is 12.7. The van der Waals surface area contributed by atoms with Crippen LogP contribution in [0.1, 0.15) is 19.8 Å². The summed E-state index contributed by atoms with van der Waals surface area (Å²) in [5.41, 5.74) is 0. The first-order chi connectivity index (χ1) is 6.40. The predicted octanol–water partition coefficient (Wildman–Crippen LogP) is 1.34. The van der Waals surface area contributed by atoms with Gasteiger partial charge in [0.05, 0.1) is 5.92 Å². The molecule has 0 aromatic rings. The molecule has 0 aromatic heterocycles. The van der Waals surface area contributed by atoms with Crippen molar-refractivity contribution in [3.8, 4) is 0 Å². The highest BCUT2D eigenvalue weighted by atomic mass is 19.3. The number of aliphatic carboxylic acids is 1. The molecule has 1 heterocycles. The van der Waals surface area contributed by atoms with Gasteiger partial charge in [0, 0.05) is 6.42 Å². The minimum atomic E-state index is -2.78. The van der Waals surface area contributed by atoms with Crippen molar-refractivity contribution in [2.45, 2.75) is 25.7 Å². The first-order valence-electron chi connectivity index (χ1n) is 4.71. The molecule has 1 aliphatic rings. The third kappa shape index (κ3) is 3.21. The number of carboxylic acid groups (broad SMARTS) is 1. The smallest absolute Gasteiger partial charge is 0.306 e. The molecule has 2 unspecified atom stereocenters. The van der Waals surface area contributed by atoms with Crippen molar-refractivity contribution in [2.75, 3.05) is 13.1 Å². The first kappa shape index (κ1) is 11.4. The van der Waals surface area contributed by atoms with Crippen molar-refractivity contribution in [2.24, 2.45) is 11.8 Å². The van der Waals surface area contributed by atoms with Crippen LogP contribution in [-0.2, 0) is 4.79 Å². The van der Waals surface area contributed by atoms with E-state index in [1.54, 1.807) is 0 Å². The summed E-state index contributed by atoms with van der Waals surface area (Å²) < 4.78 is 25.4. The van der Waals surface area contributed by atoms with Gasteiger partial charge in [-0.05, 0) is 32.4 Å². The molecule has 1 aliphatic heterocycles. The Hall–Kier alpha value is -0.710. The number of halogens is 2. The number of hydrogen-bond acceptors (Lipinski definition) is 2. The van der Waals surface area contributed by atoms with Crippen LogP contribution in [0, 0.1) is 11.8 Å². The fourth-order valence-corrected chi connectivity index (χ4v) is 1.92. The highest BCUT2D eigenvalue weighted by Crippen LogP contribution is 2.30.